The van der Waals surface area contributed by atoms with Gasteiger partial charge in [0.15, 0.2) is 0 Å². The summed E-state index contributed by atoms with van der Waals surface area (Å²) in [6.07, 6.45) is 7.23. The number of aromatic nitrogens is 5. The first-order valence-corrected chi connectivity index (χ1v) is 9.26. The number of nitrogens with zero attached hydrogens (tertiary/aromatic N) is 5. The molecule has 0 unspecified atom stereocenters. The van der Waals surface area contributed by atoms with Crippen LogP contribution in [-0.2, 0) is 0 Å². The second-order valence-corrected chi connectivity index (χ2v) is 6.95. The van der Waals surface area contributed by atoms with Crippen molar-refractivity contribution in [3.05, 3.63) is 64.8 Å². The van der Waals surface area contributed by atoms with Gasteiger partial charge < -0.3 is 5.32 Å². The summed E-state index contributed by atoms with van der Waals surface area (Å²) in [6.45, 7) is 1.92. The van der Waals surface area contributed by atoms with Gasteiger partial charge in [-0.1, -0.05) is 0 Å². The molecule has 7 heteroatoms. The lowest BCUT2D eigenvalue weighted by atomic mass is 9.91. The standard InChI is InChI=1S/C20H22N6O/c1-14-4-10-19(24-23-14)22-16-5-7-17(8-6-16)26-20(27)11-9-18(25-26)15-3-2-12-21-13-15/h2-4,9-13,16-17H,5-8H2,1H3,(H,22,24). The number of pyridine rings is 1. The first kappa shape index (κ1) is 17.3. The predicted molar refractivity (Wildman–Crippen MR) is 103 cm³/mol. The van der Waals surface area contributed by atoms with Gasteiger partial charge in [-0.15, -0.1) is 5.10 Å². The van der Waals surface area contributed by atoms with Crippen molar-refractivity contribution in [2.75, 3.05) is 5.32 Å². The highest BCUT2D eigenvalue weighted by Gasteiger charge is 2.24. The zero-order chi connectivity index (χ0) is 18.6. The van der Waals surface area contributed by atoms with Crippen molar-refractivity contribution in [3.63, 3.8) is 0 Å². The van der Waals surface area contributed by atoms with Gasteiger partial charge in [-0.2, -0.15) is 10.2 Å². The first-order valence-electron chi connectivity index (χ1n) is 9.26. The molecule has 4 rings (SSSR count). The summed E-state index contributed by atoms with van der Waals surface area (Å²) in [5.74, 6) is 0.804. The minimum absolute atomic E-state index is 0.0524. The molecule has 1 fully saturated rings. The maximum absolute atomic E-state index is 12.4. The molecule has 27 heavy (non-hydrogen) atoms. The van der Waals surface area contributed by atoms with Crippen LogP contribution in [0.5, 0.6) is 0 Å². The number of nitrogens with one attached hydrogen (secondary N) is 1. The smallest absolute Gasteiger partial charge is 0.267 e. The zero-order valence-electron chi connectivity index (χ0n) is 15.2. The average Bonchev–Trinajstić information content (AvgIpc) is 2.71. The number of hydrogen-bond donors (Lipinski definition) is 1. The quantitative estimate of drug-likeness (QED) is 0.768. The second kappa shape index (κ2) is 7.65. The third kappa shape index (κ3) is 4.02. The monoisotopic (exact) mass is 362 g/mol. The van der Waals surface area contributed by atoms with E-state index in [1.807, 2.05) is 31.2 Å². The minimum atomic E-state index is -0.0524. The summed E-state index contributed by atoms with van der Waals surface area (Å²) in [4.78, 5) is 16.5. The highest BCUT2D eigenvalue weighted by Crippen LogP contribution is 2.29. The molecule has 1 aliphatic carbocycles. The zero-order valence-corrected chi connectivity index (χ0v) is 15.2. The third-order valence-corrected chi connectivity index (χ3v) is 4.97. The van der Waals surface area contributed by atoms with E-state index in [9.17, 15) is 4.79 Å². The lowest BCUT2D eigenvalue weighted by Gasteiger charge is -2.29. The van der Waals surface area contributed by atoms with Crippen LogP contribution in [-0.4, -0.2) is 31.0 Å². The maximum atomic E-state index is 12.4. The molecule has 1 aliphatic rings. The molecule has 0 radical (unpaired) electrons. The van der Waals surface area contributed by atoms with Crippen LogP contribution in [0.4, 0.5) is 5.82 Å². The van der Waals surface area contributed by atoms with Crippen molar-refractivity contribution in [3.8, 4) is 11.3 Å². The molecule has 0 spiro atoms. The van der Waals surface area contributed by atoms with Crippen molar-refractivity contribution >= 4 is 5.82 Å². The fourth-order valence-electron chi connectivity index (χ4n) is 3.50. The van der Waals surface area contributed by atoms with E-state index in [0.29, 0.717) is 6.04 Å². The van der Waals surface area contributed by atoms with Crippen LogP contribution < -0.4 is 10.9 Å². The van der Waals surface area contributed by atoms with Gasteiger partial charge in [0.1, 0.15) is 5.82 Å². The van der Waals surface area contributed by atoms with Gasteiger partial charge in [0, 0.05) is 30.1 Å². The molecule has 3 aromatic heterocycles. The van der Waals surface area contributed by atoms with E-state index < -0.39 is 0 Å². The lowest BCUT2D eigenvalue weighted by molar-refractivity contribution is 0.304. The van der Waals surface area contributed by atoms with Crippen LogP contribution in [0.25, 0.3) is 11.3 Å². The van der Waals surface area contributed by atoms with E-state index in [1.54, 1.807) is 29.2 Å². The molecule has 0 bridgehead atoms. The summed E-state index contributed by atoms with van der Waals surface area (Å²) in [5.41, 5.74) is 2.55. The Morgan fingerprint density at radius 1 is 1.04 bits per heavy atom. The third-order valence-electron chi connectivity index (χ3n) is 4.97. The van der Waals surface area contributed by atoms with E-state index >= 15 is 0 Å². The molecule has 138 valence electrons. The number of aryl methyl sites for hydroxylation is 1. The lowest BCUT2D eigenvalue weighted by Crippen LogP contribution is -2.33. The summed E-state index contributed by atoms with van der Waals surface area (Å²) in [5, 5.41) is 16.3. The van der Waals surface area contributed by atoms with Gasteiger partial charge >= 0.3 is 0 Å². The summed E-state index contributed by atoms with van der Waals surface area (Å²) < 4.78 is 1.64. The van der Waals surface area contributed by atoms with Gasteiger partial charge in [0.25, 0.3) is 5.56 Å². The largest absolute Gasteiger partial charge is 0.366 e. The maximum Gasteiger partial charge on any atom is 0.267 e. The average molecular weight is 362 g/mol. The van der Waals surface area contributed by atoms with Gasteiger partial charge in [0.2, 0.25) is 0 Å². The van der Waals surface area contributed by atoms with Gasteiger partial charge in [0.05, 0.1) is 17.4 Å². The van der Waals surface area contributed by atoms with Crippen LogP contribution in [0.1, 0.15) is 37.4 Å². The molecule has 7 nitrogen and oxygen atoms in total. The van der Waals surface area contributed by atoms with Crippen LogP contribution in [0.15, 0.2) is 53.6 Å². The number of anilines is 1. The SMILES string of the molecule is Cc1ccc(NC2CCC(n3nc(-c4cccnc4)ccc3=O)CC2)nn1. The Labute approximate surface area is 157 Å². The molecular weight excluding hydrogens is 340 g/mol. The Bertz CT molecular complexity index is 946. The molecular formula is C20H22N6O. The molecule has 3 aromatic rings. The fourth-order valence-corrected chi connectivity index (χ4v) is 3.50. The van der Waals surface area contributed by atoms with Crippen LogP contribution in [0.2, 0.25) is 0 Å². The Hall–Kier alpha value is -3.09. The van der Waals surface area contributed by atoms with E-state index in [1.165, 1.54) is 0 Å². The van der Waals surface area contributed by atoms with Crippen molar-refractivity contribution in [1.82, 2.24) is 25.0 Å². The first-order chi connectivity index (χ1) is 13.2. The van der Waals surface area contributed by atoms with Crippen LogP contribution >= 0.6 is 0 Å². The van der Waals surface area contributed by atoms with E-state index in [4.69, 9.17) is 0 Å². The molecule has 0 aliphatic heterocycles. The second-order valence-electron chi connectivity index (χ2n) is 6.95. The van der Waals surface area contributed by atoms with E-state index in [0.717, 1.165) is 48.5 Å². The molecule has 1 N–H and O–H groups in total. The van der Waals surface area contributed by atoms with Gasteiger partial charge in [-0.25, -0.2) is 4.68 Å². The highest BCUT2D eigenvalue weighted by atomic mass is 16.1. The topological polar surface area (TPSA) is 85.6 Å². The van der Waals surface area contributed by atoms with Crippen molar-refractivity contribution in [2.24, 2.45) is 0 Å². The molecule has 0 atom stereocenters. The Morgan fingerprint density at radius 3 is 2.59 bits per heavy atom. The van der Waals surface area contributed by atoms with Crippen molar-refractivity contribution in [1.29, 1.82) is 0 Å². The van der Waals surface area contributed by atoms with Gasteiger partial charge in [-0.05, 0) is 62.9 Å². The Kier molecular flexibility index (Phi) is 4.91. The molecule has 0 saturated heterocycles. The normalized spacial score (nSPS) is 19.6. The minimum Gasteiger partial charge on any atom is -0.366 e. The molecule has 0 amide bonds. The highest BCUT2D eigenvalue weighted by molar-refractivity contribution is 5.56. The summed E-state index contributed by atoms with van der Waals surface area (Å²) >= 11 is 0. The molecule has 1 saturated carbocycles. The molecule has 0 aromatic carbocycles. The Morgan fingerprint density at radius 2 is 1.89 bits per heavy atom. The molecule has 3 heterocycles. The van der Waals surface area contributed by atoms with Crippen molar-refractivity contribution in [2.45, 2.75) is 44.7 Å². The van der Waals surface area contributed by atoms with Crippen LogP contribution in [0, 0.1) is 6.92 Å². The number of rotatable bonds is 4. The predicted octanol–water partition coefficient (Wildman–Crippen LogP) is 3.00. The van der Waals surface area contributed by atoms with E-state index in [2.05, 4.69) is 25.6 Å². The van der Waals surface area contributed by atoms with Gasteiger partial charge in [-0.3, -0.25) is 9.78 Å². The van der Waals surface area contributed by atoms with E-state index in [-0.39, 0.29) is 11.6 Å². The number of hydrogen-bond acceptors (Lipinski definition) is 6. The van der Waals surface area contributed by atoms with Crippen molar-refractivity contribution < 1.29 is 0 Å². The fraction of sp³-hybridized carbons (Fsp3) is 0.350. The summed E-state index contributed by atoms with van der Waals surface area (Å²) in [7, 11) is 0. The summed E-state index contributed by atoms with van der Waals surface area (Å²) in [6, 6.07) is 11.6. The van der Waals surface area contributed by atoms with Crippen LogP contribution in [0.3, 0.4) is 0 Å². The Balaban J connectivity index is 1.45.